The molecule has 15 nitrogen and oxygen atoms in total. The molecule has 62 heavy (non-hydrogen) atoms. The number of rotatable bonds is 15. The van der Waals surface area contributed by atoms with Crippen LogP contribution in [0.3, 0.4) is 0 Å². The molecule has 2 N–H and O–H groups in total. The number of nitrogens with zero attached hydrogens (tertiary/aromatic N) is 5. The van der Waals surface area contributed by atoms with Gasteiger partial charge in [0.25, 0.3) is 0 Å². The number of hydrogen-bond donors (Lipinski definition) is 2. The molecule has 1 saturated heterocycles. The highest BCUT2D eigenvalue weighted by Crippen LogP contribution is 2.43. The molecule has 0 bridgehead atoms. The zero-order valence-corrected chi connectivity index (χ0v) is 35.4. The van der Waals surface area contributed by atoms with Gasteiger partial charge in [0.1, 0.15) is 42.4 Å². The number of aromatic nitrogens is 4. The maximum Gasteiger partial charge on any atom is 0.412 e. The van der Waals surface area contributed by atoms with Crippen LogP contribution in [0.1, 0.15) is 29.3 Å². The number of aliphatic hydroxyl groups is 1. The van der Waals surface area contributed by atoms with Gasteiger partial charge in [-0.25, -0.2) is 28.2 Å². The Kier molecular flexibility index (Phi) is 12.1. The Hall–Kier alpha value is -6.59. The van der Waals surface area contributed by atoms with Crippen LogP contribution in [0.4, 0.5) is 16.3 Å². The number of carbonyl (C=O) groups excluding carboxylic acids is 1. The van der Waals surface area contributed by atoms with Gasteiger partial charge in [-0.2, -0.15) is 0 Å². The fourth-order valence-electron chi connectivity index (χ4n) is 7.88. The van der Waals surface area contributed by atoms with Gasteiger partial charge in [0, 0.05) is 37.0 Å². The molecule has 0 spiro atoms. The highest BCUT2D eigenvalue weighted by atomic mass is 32.2. The van der Waals surface area contributed by atoms with Crippen LogP contribution in [0.5, 0.6) is 11.5 Å². The number of imidazole rings is 1. The molecule has 8 rings (SSSR count). The van der Waals surface area contributed by atoms with Gasteiger partial charge in [-0.3, -0.25) is 9.88 Å². The highest BCUT2D eigenvalue weighted by molar-refractivity contribution is 7.91. The minimum Gasteiger partial charge on any atom is -0.497 e. The third-order valence-electron chi connectivity index (χ3n) is 11.0. The maximum absolute atomic E-state index is 13.4. The number of amides is 1. The lowest BCUT2D eigenvalue weighted by atomic mass is 9.80. The van der Waals surface area contributed by atoms with Crippen molar-refractivity contribution in [2.45, 2.75) is 35.4 Å². The number of fused-ring (bicyclic) bond motifs is 2. The molecule has 320 valence electrons. The maximum atomic E-state index is 13.4. The predicted molar refractivity (Wildman–Crippen MR) is 233 cm³/mol. The summed E-state index contributed by atoms with van der Waals surface area (Å²) in [7, 11) is 3.19. The smallest absolute Gasteiger partial charge is 0.412 e. The lowest BCUT2D eigenvalue weighted by Gasteiger charge is -2.37. The zero-order chi connectivity index (χ0) is 43.4. The van der Waals surface area contributed by atoms with Crippen molar-refractivity contribution in [3.63, 3.8) is 0 Å². The highest BCUT2D eigenvalue weighted by Gasteiger charge is 2.42. The number of sulfone groups is 1. The van der Waals surface area contributed by atoms with Crippen molar-refractivity contribution in [3.8, 4) is 11.5 Å². The molecule has 0 radical (unpaired) electrons. The molecule has 7 aromatic rings. The Bertz CT molecular complexity index is 2740. The summed E-state index contributed by atoms with van der Waals surface area (Å²) in [6, 6.07) is 35.8. The van der Waals surface area contributed by atoms with Crippen LogP contribution in [0.15, 0.2) is 133 Å². The van der Waals surface area contributed by atoms with Crippen molar-refractivity contribution in [1.29, 1.82) is 0 Å². The van der Waals surface area contributed by atoms with Crippen molar-refractivity contribution in [3.05, 3.63) is 145 Å². The van der Waals surface area contributed by atoms with Crippen molar-refractivity contribution in [2.24, 2.45) is 0 Å². The van der Waals surface area contributed by atoms with E-state index in [-0.39, 0.29) is 29.3 Å². The van der Waals surface area contributed by atoms with E-state index in [9.17, 15) is 18.3 Å². The molecular weight excluding hydrogens is 813 g/mol. The summed E-state index contributed by atoms with van der Waals surface area (Å²) < 4.78 is 58.3. The molecule has 1 amide bonds. The van der Waals surface area contributed by atoms with Gasteiger partial charge in [0.15, 0.2) is 26.8 Å². The van der Waals surface area contributed by atoms with Gasteiger partial charge in [0.2, 0.25) is 0 Å². The second-order valence-electron chi connectivity index (χ2n) is 14.9. The quantitative estimate of drug-likeness (QED) is 0.104. The first kappa shape index (κ1) is 42.1. The Morgan fingerprint density at radius 2 is 1.48 bits per heavy atom. The third-order valence-corrected chi connectivity index (χ3v) is 12.7. The standard InChI is InChI=1S/C46H46N6O9S/c1-51(2)37-14-8-13-36-35(37)12-9-15-40(36)62(55,56)25-24-59-45(54)50-43-42-44(48-28-47-43)52(29-49-42)41-26-38(53)39(61-41)27-60-46(30-10-6-5-7-11-30,31-16-20-33(57-3)21-17-31)32-18-22-34(58-4)23-19-32/h5-23,28-29,38-39,41,53H,24-27H2,1-4H3,(H,47,48,50,54)/t38-,39+,41+/m0/s1. The third kappa shape index (κ3) is 8.24. The van der Waals surface area contributed by atoms with E-state index in [2.05, 4.69) is 20.3 Å². The van der Waals surface area contributed by atoms with E-state index in [4.69, 9.17) is 23.7 Å². The topological polar surface area (TPSA) is 176 Å². The normalized spacial score (nSPS) is 16.6. The fourth-order valence-corrected chi connectivity index (χ4v) is 9.21. The van der Waals surface area contributed by atoms with E-state index in [1.165, 1.54) is 12.7 Å². The number of ether oxygens (including phenoxy) is 5. The molecule has 1 aliphatic rings. The number of aliphatic hydroxyl groups excluding tert-OH is 1. The van der Waals surface area contributed by atoms with E-state index in [0.29, 0.717) is 22.5 Å². The SMILES string of the molecule is COc1ccc(C(OC[C@H]2O[C@@H](n3cnc4c(NC(=O)OCCS(=O)(=O)c5cccc6c(N(C)C)cccc56)ncnc43)C[C@@H]2O)(c2ccccc2)c2ccc(OC)cc2)cc1. The first-order valence-electron chi connectivity index (χ1n) is 19.9. The van der Waals surface area contributed by atoms with Crippen LogP contribution >= 0.6 is 0 Å². The summed E-state index contributed by atoms with van der Waals surface area (Å²) >= 11 is 0. The fraction of sp³-hybridized carbons (Fsp3) is 0.261. The largest absolute Gasteiger partial charge is 0.497 e. The van der Waals surface area contributed by atoms with Crippen molar-refractivity contribution in [2.75, 3.05) is 57.5 Å². The average molecular weight is 859 g/mol. The number of hydrogen-bond acceptors (Lipinski definition) is 13. The summed E-state index contributed by atoms with van der Waals surface area (Å²) in [5.74, 6) is 1.00. The summed E-state index contributed by atoms with van der Waals surface area (Å²) in [5, 5.41) is 15.4. The van der Waals surface area contributed by atoms with Crippen LogP contribution in [-0.2, 0) is 29.6 Å². The molecule has 5 aromatic carbocycles. The van der Waals surface area contributed by atoms with Crippen LogP contribution in [0, 0.1) is 0 Å². The summed E-state index contributed by atoms with van der Waals surface area (Å²) in [4.78, 5) is 28.1. The number of anilines is 2. The second-order valence-corrected chi connectivity index (χ2v) is 17.0. The molecule has 3 atom stereocenters. The van der Waals surface area contributed by atoms with Crippen molar-refractivity contribution in [1.82, 2.24) is 19.5 Å². The first-order valence-corrected chi connectivity index (χ1v) is 21.5. The van der Waals surface area contributed by atoms with Gasteiger partial charge < -0.3 is 33.7 Å². The van der Waals surface area contributed by atoms with Crippen LogP contribution in [-0.4, -0.2) is 98.6 Å². The van der Waals surface area contributed by atoms with Gasteiger partial charge in [-0.1, -0.05) is 78.9 Å². The van der Waals surface area contributed by atoms with E-state index in [1.807, 2.05) is 116 Å². The van der Waals surface area contributed by atoms with E-state index < -0.39 is 52.3 Å². The summed E-state index contributed by atoms with van der Waals surface area (Å²) in [6.45, 7) is -0.404. The van der Waals surface area contributed by atoms with E-state index in [0.717, 1.165) is 27.8 Å². The molecule has 1 aliphatic heterocycles. The molecule has 16 heteroatoms. The monoisotopic (exact) mass is 858 g/mol. The molecule has 1 fully saturated rings. The first-order chi connectivity index (χ1) is 30.0. The number of methoxy groups -OCH3 is 2. The average Bonchev–Trinajstić information content (AvgIpc) is 3.90. The number of nitrogens with one attached hydrogen (secondary N) is 1. The summed E-state index contributed by atoms with van der Waals surface area (Å²) in [6.07, 6.45) is -0.342. The van der Waals surface area contributed by atoms with Crippen molar-refractivity contribution < 1.29 is 42.0 Å². The Morgan fingerprint density at radius 1 is 0.839 bits per heavy atom. The molecular formula is C46H46N6O9S. The molecule has 3 heterocycles. The van der Waals surface area contributed by atoms with Gasteiger partial charge >= 0.3 is 6.09 Å². The van der Waals surface area contributed by atoms with Gasteiger partial charge in [0.05, 0.1) is 43.9 Å². The van der Waals surface area contributed by atoms with Crippen LogP contribution < -0.4 is 19.7 Å². The zero-order valence-electron chi connectivity index (χ0n) is 34.5. The molecule has 0 saturated carbocycles. The van der Waals surface area contributed by atoms with E-state index in [1.54, 1.807) is 37.0 Å². The lowest BCUT2D eigenvalue weighted by molar-refractivity contribution is -0.0931. The number of carbonyl (C=O) groups is 1. The lowest BCUT2D eigenvalue weighted by Crippen LogP contribution is -2.38. The van der Waals surface area contributed by atoms with E-state index >= 15 is 0 Å². The van der Waals surface area contributed by atoms with Crippen molar-refractivity contribution >= 4 is 49.4 Å². The molecule has 0 aliphatic carbocycles. The van der Waals surface area contributed by atoms with Gasteiger partial charge in [-0.15, -0.1) is 0 Å². The minimum atomic E-state index is -3.83. The van der Waals surface area contributed by atoms with Crippen LogP contribution in [0.2, 0.25) is 0 Å². The predicted octanol–water partition coefficient (Wildman–Crippen LogP) is 6.74. The minimum absolute atomic E-state index is 0.00177. The number of benzene rings is 5. The van der Waals surface area contributed by atoms with Gasteiger partial charge in [-0.05, 0) is 53.1 Å². The Morgan fingerprint density at radius 3 is 2.15 bits per heavy atom. The Balaban J connectivity index is 0.970. The Labute approximate surface area is 358 Å². The summed E-state index contributed by atoms with van der Waals surface area (Å²) in [5.41, 5.74) is 2.86. The molecule has 2 aromatic heterocycles. The van der Waals surface area contributed by atoms with Crippen LogP contribution in [0.25, 0.3) is 21.9 Å². The molecule has 0 unspecified atom stereocenters. The second kappa shape index (κ2) is 17.8.